The fraction of sp³-hybridized carbons (Fsp3) is 0.333. The summed E-state index contributed by atoms with van der Waals surface area (Å²) in [6.45, 7) is 2.02. The lowest BCUT2D eigenvalue weighted by Crippen LogP contribution is -2.16. The van der Waals surface area contributed by atoms with Gasteiger partial charge in [-0.15, -0.1) is 0 Å². The van der Waals surface area contributed by atoms with Gasteiger partial charge >= 0.3 is 0 Å². The van der Waals surface area contributed by atoms with E-state index < -0.39 is 0 Å². The topological polar surface area (TPSA) is 46.0 Å². The number of benzene rings is 1. The molecule has 0 aliphatic carbocycles. The number of nitrogens with one attached hydrogen (secondary N) is 1. The molecule has 0 aliphatic rings. The van der Waals surface area contributed by atoms with Crippen molar-refractivity contribution in [2.24, 2.45) is 7.05 Å². The minimum Gasteiger partial charge on any atom is -0.370 e. The van der Waals surface area contributed by atoms with Crippen LogP contribution in [-0.2, 0) is 7.05 Å². The van der Waals surface area contributed by atoms with Crippen LogP contribution in [0.4, 0.5) is 5.82 Å². The molecule has 3 aromatic rings. The monoisotopic (exact) mass is 309 g/mol. The van der Waals surface area contributed by atoms with Crippen LogP contribution in [0.15, 0.2) is 42.9 Å². The van der Waals surface area contributed by atoms with Gasteiger partial charge in [0, 0.05) is 25.4 Å². The third kappa shape index (κ3) is 3.68. The Morgan fingerprint density at radius 2 is 1.91 bits per heavy atom. The zero-order valence-corrected chi connectivity index (χ0v) is 14.0. The number of aryl methyl sites for hydroxylation is 1. The van der Waals surface area contributed by atoms with Gasteiger partial charge in [0.2, 0.25) is 0 Å². The van der Waals surface area contributed by atoms with Crippen LogP contribution in [0.1, 0.15) is 6.42 Å². The van der Waals surface area contributed by atoms with E-state index in [9.17, 15) is 0 Å². The fourth-order valence-corrected chi connectivity index (χ4v) is 2.59. The number of hydrogen-bond donors (Lipinski definition) is 1. The van der Waals surface area contributed by atoms with Crippen molar-refractivity contribution in [3.8, 4) is 11.1 Å². The lowest BCUT2D eigenvalue weighted by atomic mass is 10.1. The molecule has 1 aromatic carbocycles. The zero-order chi connectivity index (χ0) is 16.2. The molecule has 3 rings (SSSR count). The van der Waals surface area contributed by atoms with Gasteiger partial charge in [-0.2, -0.15) is 0 Å². The highest BCUT2D eigenvalue weighted by atomic mass is 15.1. The molecular weight excluding hydrogens is 286 g/mol. The van der Waals surface area contributed by atoms with Crippen molar-refractivity contribution >= 4 is 16.9 Å². The van der Waals surface area contributed by atoms with Crippen molar-refractivity contribution in [3.63, 3.8) is 0 Å². The molecule has 1 N–H and O–H groups in total. The number of imidazole rings is 1. The number of nitrogens with zero attached hydrogens (tertiary/aromatic N) is 4. The third-order valence-corrected chi connectivity index (χ3v) is 3.91. The number of fused-ring (bicyclic) bond motifs is 1. The van der Waals surface area contributed by atoms with Crippen LogP contribution in [0, 0.1) is 0 Å². The van der Waals surface area contributed by atoms with E-state index in [1.165, 1.54) is 0 Å². The molecule has 0 spiro atoms. The van der Waals surface area contributed by atoms with E-state index in [2.05, 4.69) is 58.5 Å². The van der Waals surface area contributed by atoms with Gasteiger partial charge in [-0.3, -0.25) is 0 Å². The van der Waals surface area contributed by atoms with Gasteiger partial charge in [-0.05, 0) is 56.9 Å². The van der Waals surface area contributed by atoms with E-state index in [1.807, 2.05) is 30.2 Å². The molecule has 0 saturated heterocycles. The van der Waals surface area contributed by atoms with Gasteiger partial charge in [-0.25, -0.2) is 9.97 Å². The number of pyridine rings is 1. The van der Waals surface area contributed by atoms with E-state index in [0.717, 1.165) is 47.5 Å². The Bertz CT molecular complexity index is 774. The van der Waals surface area contributed by atoms with Gasteiger partial charge in [0.15, 0.2) is 0 Å². The molecule has 120 valence electrons. The zero-order valence-electron chi connectivity index (χ0n) is 14.0. The van der Waals surface area contributed by atoms with Gasteiger partial charge in [-0.1, -0.05) is 6.07 Å². The Morgan fingerprint density at radius 3 is 2.65 bits per heavy atom. The highest BCUT2D eigenvalue weighted by Crippen LogP contribution is 2.23. The predicted molar refractivity (Wildman–Crippen MR) is 95.6 cm³/mol. The Balaban J connectivity index is 1.69. The summed E-state index contributed by atoms with van der Waals surface area (Å²) in [4.78, 5) is 11.1. The van der Waals surface area contributed by atoms with E-state index in [-0.39, 0.29) is 0 Å². The summed E-state index contributed by atoms with van der Waals surface area (Å²) in [6.07, 6.45) is 4.87. The fourth-order valence-electron chi connectivity index (χ4n) is 2.59. The Kier molecular flexibility index (Phi) is 4.57. The van der Waals surface area contributed by atoms with Crippen molar-refractivity contribution in [2.75, 3.05) is 32.5 Å². The minimum absolute atomic E-state index is 0.925. The first-order chi connectivity index (χ1) is 11.1. The molecule has 23 heavy (non-hydrogen) atoms. The molecule has 5 nitrogen and oxygen atoms in total. The molecule has 0 radical (unpaired) electrons. The van der Waals surface area contributed by atoms with E-state index in [1.54, 1.807) is 0 Å². The third-order valence-electron chi connectivity index (χ3n) is 3.91. The summed E-state index contributed by atoms with van der Waals surface area (Å²) in [5, 5.41) is 3.36. The smallest absolute Gasteiger partial charge is 0.125 e. The van der Waals surface area contributed by atoms with Crippen LogP contribution in [-0.4, -0.2) is 46.6 Å². The standard InChI is InChI=1S/C18H23N5/c1-22(2)10-4-9-19-18-8-6-15(12-20-18)14-5-7-16-17(11-14)23(3)13-21-16/h5-8,11-13H,4,9-10H2,1-3H3,(H,19,20). The Morgan fingerprint density at radius 1 is 1.09 bits per heavy atom. The first kappa shape index (κ1) is 15.5. The average molecular weight is 309 g/mol. The predicted octanol–water partition coefficient (Wildman–Crippen LogP) is 3.00. The van der Waals surface area contributed by atoms with Crippen molar-refractivity contribution in [1.29, 1.82) is 0 Å². The molecule has 5 heteroatoms. The maximum atomic E-state index is 4.51. The highest BCUT2D eigenvalue weighted by molar-refractivity contribution is 5.82. The van der Waals surface area contributed by atoms with Crippen LogP contribution >= 0.6 is 0 Å². The average Bonchev–Trinajstić information content (AvgIpc) is 2.93. The molecule has 0 bridgehead atoms. The molecule has 0 fully saturated rings. The molecule has 2 aromatic heterocycles. The van der Waals surface area contributed by atoms with Crippen molar-refractivity contribution in [2.45, 2.75) is 6.42 Å². The summed E-state index contributed by atoms with van der Waals surface area (Å²) < 4.78 is 2.03. The van der Waals surface area contributed by atoms with Crippen LogP contribution < -0.4 is 5.32 Å². The molecule has 2 heterocycles. The second kappa shape index (κ2) is 6.79. The largest absolute Gasteiger partial charge is 0.370 e. The normalized spacial score (nSPS) is 11.3. The van der Waals surface area contributed by atoms with Crippen molar-refractivity contribution in [3.05, 3.63) is 42.9 Å². The van der Waals surface area contributed by atoms with E-state index >= 15 is 0 Å². The van der Waals surface area contributed by atoms with Gasteiger partial charge in [0.05, 0.1) is 17.4 Å². The molecule has 0 atom stereocenters. The van der Waals surface area contributed by atoms with Gasteiger partial charge in [0.25, 0.3) is 0 Å². The number of hydrogen-bond acceptors (Lipinski definition) is 4. The van der Waals surface area contributed by atoms with E-state index in [4.69, 9.17) is 0 Å². The first-order valence-electron chi connectivity index (χ1n) is 7.89. The maximum Gasteiger partial charge on any atom is 0.125 e. The first-order valence-corrected chi connectivity index (χ1v) is 7.89. The lowest BCUT2D eigenvalue weighted by Gasteiger charge is -2.10. The van der Waals surface area contributed by atoms with Gasteiger partial charge in [0.1, 0.15) is 5.82 Å². The molecule has 0 aliphatic heterocycles. The highest BCUT2D eigenvalue weighted by Gasteiger charge is 2.04. The van der Waals surface area contributed by atoms with Crippen LogP contribution in [0.2, 0.25) is 0 Å². The number of rotatable bonds is 6. The number of aromatic nitrogens is 3. The van der Waals surface area contributed by atoms with Gasteiger partial charge < -0.3 is 14.8 Å². The summed E-state index contributed by atoms with van der Waals surface area (Å²) in [5.41, 5.74) is 4.43. The molecule has 0 saturated carbocycles. The molecular formula is C18H23N5. The summed E-state index contributed by atoms with van der Waals surface area (Å²) in [6, 6.07) is 10.5. The summed E-state index contributed by atoms with van der Waals surface area (Å²) in [5.74, 6) is 0.925. The second-order valence-corrected chi connectivity index (χ2v) is 6.07. The number of anilines is 1. The lowest BCUT2D eigenvalue weighted by molar-refractivity contribution is 0.405. The summed E-state index contributed by atoms with van der Waals surface area (Å²) >= 11 is 0. The van der Waals surface area contributed by atoms with Crippen molar-refractivity contribution < 1.29 is 0 Å². The van der Waals surface area contributed by atoms with Crippen LogP contribution in [0.25, 0.3) is 22.2 Å². The second-order valence-electron chi connectivity index (χ2n) is 6.07. The maximum absolute atomic E-state index is 4.51. The van der Waals surface area contributed by atoms with Crippen molar-refractivity contribution in [1.82, 2.24) is 19.4 Å². The Hall–Kier alpha value is -2.40. The molecule has 0 amide bonds. The van der Waals surface area contributed by atoms with E-state index in [0.29, 0.717) is 0 Å². The minimum atomic E-state index is 0.925. The van der Waals surface area contributed by atoms with Crippen LogP contribution in [0.3, 0.4) is 0 Å². The summed E-state index contributed by atoms with van der Waals surface area (Å²) in [7, 11) is 6.19. The van der Waals surface area contributed by atoms with Crippen LogP contribution in [0.5, 0.6) is 0 Å². The quantitative estimate of drug-likeness (QED) is 0.711. The molecule has 0 unspecified atom stereocenters. The Labute approximate surface area is 137 Å². The SMILES string of the molecule is CN(C)CCCNc1ccc(-c2ccc3ncn(C)c3c2)cn1.